The largest absolute Gasteiger partial charge is 0.369 e. The van der Waals surface area contributed by atoms with E-state index in [0.717, 1.165) is 61.6 Å². The Morgan fingerprint density at radius 1 is 1.03 bits per heavy atom. The summed E-state index contributed by atoms with van der Waals surface area (Å²) in [4.78, 5) is 39.1. The molecule has 8 heteroatoms. The topological polar surface area (TPSA) is 95.8 Å². The van der Waals surface area contributed by atoms with Crippen LogP contribution in [0.2, 0.25) is 0 Å². The summed E-state index contributed by atoms with van der Waals surface area (Å²) in [5, 5.41) is 13.6. The van der Waals surface area contributed by atoms with Gasteiger partial charge in [-0.05, 0) is 55.3 Å². The van der Waals surface area contributed by atoms with E-state index >= 15 is 0 Å². The maximum atomic E-state index is 12.6. The zero-order valence-electron chi connectivity index (χ0n) is 17.4. The van der Waals surface area contributed by atoms with Crippen molar-refractivity contribution in [2.24, 2.45) is 0 Å². The lowest BCUT2D eigenvalue weighted by atomic mass is 9.97. The fourth-order valence-electron chi connectivity index (χ4n) is 4.18. The van der Waals surface area contributed by atoms with Gasteiger partial charge in [0.1, 0.15) is 0 Å². The molecule has 31 heavy (non-hydrogen) atoms. The van der Waals surface area contributed by atoms with Crippen LogP contribution in [0.1, 0.15) is 35.2 Å². The Kier molecular flexibility index (Phi) is 6.27. The average molecular weight is 422 g/mol. The van der Waals surface area contributed by atoms with Crippen LogP contribution in [-0.4, -0.2) is 54.2 Å². The Bertz CT molecular complexity index is 982. The van der Waals surface area contributed by atoms with E-state index in [9.17, 15) is 19.7 Å². The Morgan fingerprint density at radius 3 is 2.48 bits per heavy atom. The fourth-order valence-corrected chi connectivity index (χ4v) is 4.18. The molecule has 0 radical (unpaired) electrons. The van der Waals surface area contributed by atoms with Crippen molar-refractivity contribution in [3.05, 3.63) is 63.7 Å². The molecule has 8 nitrogen and oxygen atoms in total. The molecule has 162 valence electrons. The van der Waals surface area contributed by atoms with Gasteiger partial charge in [-0.3, -0.25) is 24.6 Å². The van der Waals surface area contributed by atoms with Gasteiger partial charge in [0, 0.05) is 68.1 Å². The monoisotopic (exact) mass is 422 g/mol. The van der Waals surface area contributed by atoms with Crippen molar-refractivity contribution in [1.82, 2.24) is 4.90 Å². The van der Waals surface area contributed by atoms with Crippen molar-refractivity contribution in [2.45, 2.75) is 25.7 Å². The summed E-state index contributed by atoms with van der Waals surface area (Å²) >= 11 is 0. The van der Waals surface area contributed by atoms with Gasteiger partial charge >= 0.3 is 0 Å². The molecule has 0 aliphatic carbocycles. The predicted octanol–water partition coefficient (Wildman–Crippen LogP) is 3.26. The van der Waals surface area contributed by atoms with E-state index in [4.69, 9.17) is 0 Å². The molecule has 1 N–H and O–H groups in total. The molecule has 2 aliphatic heterocycles. The highest BCUT2D eigenvalue weighted by molar-refractivity contribution is 5.98. The van der Waals surface area contributed by atoms with Crippen molar-refractivity contribution in [3.8, 4) is 0 Å². The summed E-state index contributed by atoms with van der Waals surface area (Å²) in [5.41, 5.74) is 3.68. The number of nitrogens with zero attached hydrogens (tertiary/aromatic N) is 3. The van der Waals surface area contributed by atoms with Gasteiger partial charge in [0.2, 0.25) is 5.91 Å². The molecule has 0 saturated carbocycles. The second-order valence-electron chi connectivity index (χ2n) is 8.05. The molecule has 2 aromatic carbocycles. The molecule has 1 amide bonds. The van der Waals surface area contributed by atoms with E-state index in [1.807, 2.05) is 12.1 Å². The van der Waals surface area contributed by atoms with Gasteiger partial charge in [-0.15, -0.1) is 0 Å². The first-order valence-corrected chi connectivity index (χ1v) is 10.7. The number of hydrogen-bond acceptors (Lipinski definition) is 6. The van der Waals surface area contributed by atoms with Crippen LogP contribution in [0.3, 0.4) is 0 Å². The quantitative estimate of drug-likeness (QED) is 0.418. The first-order chi connectivity index (χ1) is 15.0. The maximum absolute atomic E-state index is 12.6. The number of nitro benzene ring substituents is 1. The van der Waals surface area contributed by atoms with E-state index < -0.39 is 0 Å². The molecule has 0 spiro atoms. The van der Waals surface area contributed by atoms with E-state index in [-0.39, 0.29) is 22.3 Å². The molecule has 0 atom stereocenters. The number of nitro groups is 1. The lowest BCUT2D eigenvalue weighted by molar-refractivity contribution is -0.384. The number of carbonyl (C=O) groups is 2. The first-order valence-electron chi connectivity index (χ1n) is 10.7. The van der Waals surface area contributed by atoms with Gasteiger partial charge in [0.15, 0.2) is 5.78 Å². The highest BCUT2D eigenvalue weighted by Crippen LogP contribution is 2.24. The van der Waals surface area contributed by atoms with Crippen molar-refractivity contribution in [2.75, 3.05) is 42.9 Å². The van der Waals surface area contributed by atoms with E-state index in [0.29, 0.717) is 19.3 Å². The van der Waals surface area contributed by atoms with E-state index in [1.54, 1.807) is 30.3 Å². The van der Waals surface area contributed by atoms with Gasteiger partial charge in [-0.25, -0.2) is 0 Å². The van der Waals surface area contributed by atoms with Gasteiger partial charge in [0.25, 0.3) is 5.69 Å². The third-order valence-electron chi connectivity index (χ3n) is 6.00. The third-order valence-corrected chi connectivity index (χ3v) is 6.00. The number of Topliss-reactive ketones (excluding diaryl/α,β-unsaturated/α-hetero) is 1. The van der Waals surface area contributed by atoms with Crippen LogP contribution in [0.5, 0.6) is 0 Å². The second-order valence-corrected chi connectivity index (χ2v) is 8.05. The third kappa shape index (κ3) is 5.08. The van der Waals surface area contributed by atoms with Crippen LogP contribution in [0.15, 0.2) is 42.5 Å². The SMILES string of the molecule is O=C1CCc2cc(C(=O)CCCN3CCN(c4ccc([N+](=O)[O-])cc4)CC3)ccc2N1. The molecule has 2 aliphatic rings. The number of rotatable bonds is 7. The number of anilines is 2. The summed E-state index contributed by atoms with van der Waals surface area (Å²) in [6.45, 7) is 4.42. The summed E-state index contributed by atoms with van der Waals surface area (Å²) in [7, 11) is 0. The van der Waals surface area contributed by atoms with Crippen LogP contribution < -0.4 is 10.2 Å². The van der Waals surface area contributed by atoms with Crippen LogP contribution >= 0.6 is 0 Å². The molecule has 0 unspecified atom stereocenters. The standard InChI is InChI=1S/C23H26N4O4/c28-22(18-3-9-21-17(16-18)4-10-23(29)24-21)2-1-11-25-12-14-26(15-13-25)19-5-7-20(8-6-19)27(30)31/h3,5-9,16H,1-2,4,10-15H2,(H,24,29). The number of benzene rings is 2. The zero-order chi connectivity index (χ0) is 21.8. The van der Waals surface area contributed by atoms with Gasteiger partial charge in [-0.2, -0.15) is 0 Å². The number of nitrogens with one attached hydrogen (secondary N) is 1. The molecule has 1 saturated heterocycles. The molecule has 1 fully saturated rings. The van der Waals surface area contributed by atoms with Crippen LogP contribution in [-0.2, 0) is 11.2 Å². The average Bonchev–Trinajstić information content (AvgIpc) is 2.79. The normalized spacial score (nSPS) is 16.5. The number of piperazine rings is 1. The van der Waals surface area contributed by atoms with Crippen LogP contribution in [0, 0.1) is 10.1 Å². The van der Waals surface area contributed by atoms with Crippen molar-refractivity contribution in [1.29, 1.82) is 0 Å². The number of fused-ring (bicyclic) bond motifs is 1. The zero-order valence-corrected chi connectivity index (χ0v) is 17.4. The van der Waals surface area contributed by atoms with Crippen LogP contribution in [0.25, 0.3) is 0 Å². The number of carbonyl (C=O) groups excluding carboxylic acids is 2. The molecular weight excluding hydrogens is 396 g/mol. The summed E-state index contributed by atoms with van der Waals surface area (Å²) < 4.78 is 0. The van der Waals surface area contributed by atoms with Crippen molar-refractivity contribution < 1.29 is 14.5 Å². The lowest BCUT2D eigenvalue weighted by Crippen LogP contribution is -2.46. The molecule has 2 aromatic rings. The number of non-ortho nitro benzene ring substituents is 1. The minimum atomic E-state index is -0.384. The van der Waals surface area contributed by atoms with Gasteiger partial charge < -0.3 is 10.2 Å². The molecule has 0 bridgehead atoms. The smallest absolute Gasteiger partial charge is 0.269 e. The van der Waals surface area contributed by atoms with Gasteiger partial charge in [-0.1, -0.05) is 0 Å². The Hall–Kier alpha value is -3.26. The number of aryl methyl sites for hydroxylation is 1. The lowest BCUT2D eigenvalue weighted by Gasteiger charge is -2.36. The number of amides is 1. The van der Waals surface area contributed by atoms with Crippen molar-refractivity contribution in [3.63, 3.8) is 0 Å². The molecule has 2 heterocycles. The van der Waals surface area contributed by atoms with Crippen molar-refractivity contribution >= 4 is 28.8 Å². The van der Waals surface area contributed by atoms with Crippen LogP contribution in [0.4, 0.5) is 17.1 Å². The highest BCUT2D eigenvalue weighted by atomic mass is 16.6. The molecule has 4 rings (SSSR count). The minimum Gasteiger partial charge on any atom is -0.369 e. The Morgan fingerprint density at radius 2 is 1.77 bits per heavy atom. The number of hydrogen-bond donors (Lipinski definition) is 1. The summed E-state index contributed by atoms with van der Waals surface area (Å²) in [5.74, 6) is 0.171. The molecular formula is C23H26N4O4. The Labute approximate surface area is 181 Å². The minimum absolute atomic E-state index is 0.0280. The summed E-state index contributed by atoms with van der Waals surface area (Å²) in [6.07, 6.45) is 2.47. The predicted molar refractivity (Wildman–Crippen MR) is 119 cm³/mol. The van der Waals surface area contributed by atoms with E-state index in [1.165, 1.54) is 0 Å². The second kappa shape index (κ2) is 9.26. The Balaban J connectivity index is 1.22. The summed E-state index contributed by atoms with van der Waals surface area (Å²) in [6, 6.07) is 12.2. The van der Waals surface area contributed by atoms with E-state index in [2.05, 4.69) is 15.1 Å². The number of ketones is 1. The van der Waals surface area contributed by atoms with Gasteiger partial charge in [0.05, 0.1) is 4.92 Å². The fraction of sp³-hybridized carbons (Fsp3) is 0.391. The molecule has 0 aromatic heterocycles. The first kappa shape index (κ1) is 21.0. The highest BCUT2D eigenvalue weighted by Gasteiger charge is 2.19. The maximum Gasteiger partial charge on any atom is 0.269 e.